The van der Waals surface area contributed by atoms with E-state index in [1.165, 1.54) is 11.8 Å². The van der Waals surface area contributed by atoms with E-state index in [1.807, 2.05) is 45.2 Å². The first kappa shape index (κ1) is 14.6. The molecule has 0 saturated carbocycles. The second kappa shape index (κ2) is 7.11. The van der Waals surface area contributed by atoms with E-state index in [2.05, 4.69) is 5.32 Å². The Morgan fingerprint density at radius 3 is 2.56 bits per heavy atom. The number of amides is 1. The van der Waals surface area contributed by atoms with E-state index in [1.54, 1.807) is 6.07 Å². The van der Waals surface area contributed by atoms with Crippen molar-refractivity contribution < 1.29 is 9.53 Å². The van der Waals surface area contributed by atoms with Crippen LogP contribution in [0, 0.1) is 0 Å². The zero-order valence-electron chi connectivity index (χ0n) is 11.2. The van der Waals surface area contributed by atoms with Gasteiger partial charge in [-0.05, 0) is 24.8 Å². The third-order valence-corrected chi connectivity index (χ3v) is 3.08. The predicted octanol–water partition coefficient (Wildman–Crippen LogP) is 3.78. The number of para-hydroxylation sites is 1. The minimum Gasteiger partial charge on any atom is -0.448 e. The number of allylic oxidation sites excluding steroid dienone is 1. The van der Waals surface area contributed by atoms with E-state index in [0.29, 0.717) is 11.3 Å². The zero-order valence-corrected chi connectivity index (χ0v) is 12.1. The van der Waals surface area contributed by atoms with Crippen LogP contribution in [0.15, 0.2) is 35.1 Å². The number of hydrogen-bond donors (Lipinski definition) is 1. The molecule has 0 saturated heterocycles. The van der Waals surface area contributed by atoms with E-state index in [9.17, 15) is 4.79 Å². The lowest BCUT2D eigenvalue weighted by atomic mass is 10.2. The van der Waals surface area contributed by atoms with Crippen LogP contribution in [-0.4, -0.2) is 12.2 Å². The summed E-state index contributed by atoms with van der Waals surface area (Å²) in [5.41, 5.74) is 1.42. The summed E-state index contributed by atoms with van der Waals surface area (Å²) in [5.74, 6) is 0.518. The van der Waals surface area contributed by atoms with Crippen LogP contribution in [0.2, 0.25) is 0 Å². The van der Waals surface area contributed by atoms with Crippen LogP contribution in [0.25, 0.3) is 0 Å². The van der Waals surface area contributed by atoms with E-state index in [0.717, 1.165) is 17.2 Å². The summed E-state index contributed by atoms with van der Waals surface area (Å²) in [7, 11) is 0. The molecule has 0 bridgehead atoms. The number of nitrogens with one attached hydrogen (secondary N) is 1. The molecule has 18 heavy (non-hydrogen) atoms. The van der Waals surface area contributed by atoms with Gasteiger partial charge in [-0.3, -0.25) is 4.79 Å². The summed E-state index contributed by atoms with van der Waals surface area (Å²) in [5, 5.41) is 3.65. The molecule has 0 atom stereocenters. The van der Waals surface area contributed by atoms with E-state index in [4.69, 9.17) is 4.74 Å². The molecule has 0 aliphatic carbocycles. The first-order chi connectivity index (χ1) is 8.76. The summed E-state index contributed by atoms with van der Waals surface area (Å²) < 4.78 is 5.74. The fraction of sp³-hybridized carbons (Fsp3) is 0.357. The Balaban J connectivity index is 0.000000771. The van der Waals surface area contributed by atoms with Crippen LogP contribution in [0.3, 0.4) is 0 Å². The molecule has 1 N–H and O–H groups in total. The predicted molar refractivity (Wildman–Crippen MR) is 76.7 cm³/mol. The standard InChI is InChI=1S/C12H13NO2S.C2H6/c1-3-9-12(16-2)15-10-7-5-4-6-8(10)11(14)13-9;1-2/h4-7H,3H2,1-2H3,(H,13,14);1-2H3. The minimum absolute atomic E-state index is 0.100. The van der Waals surface area contributed by atoms with Gasteiger partial charge in [-0.25, -0.2) is 0 Å². The quantitative estimate of drug-likeness (QED) is 0.884. The summed E-state index contributed by atoms with van der Waals surface area (Å²) in [6.45, 7) is 5.99. The molecule has 0 fully saturated rings. The summed E-state index contributed by atoms with van der Waals surface area (Å²) >= 11 is 1.50. The lowest BCUT2D eigenvalue weighted by Gasteiger charge is -2.09. The average Bonchev–Trinajstić information content (AvgIpc) is 2.58. The average molecular weight is 265 g/mol. The second-order valence-corrected chi connectivity index (χ2v) is 4.16. The van der Waals surface area contributed by atoms with Gasteiger partial charge in [0.05, 0.1) is 11.3 Å². The highest BCUT2D eigenvalue weighted by Crippen LogP contribution is 2.29. The minimum atomic E-state index is -0.100. The molecule has 0 aromatic heterocycles. The normalized spacial score (nSPS) is 13.7. The van der Waals surface area contributed by atoms with Crippen LogP contribution >= 0.6 is 11.8 Å². The van der Waals surface area contributed by atoms with Gasteiger partial charge < -0.3 is 10.1 Å². The van der Waals surface area contributed by atoms with E-state index in [-0.39, 0.29) is 5.91 Å². The van der Waals surface area contributed by atoms with Crippen molar-refractivity contribution in [1.82, 2.24) is 5.32 Å². The van der Waals surface area contributed by atoms with Crippen LogP contribution in [0.1, 0.15) is 37.6 Å². The maximum Gasteiger partial charge on any atom is 0.259 e. The molecule has 1 aromatic rings. The Morgan fingerprint density at radius 2 is 1.94 bits per heavy atom. The lowest BCUT2D eigenvalue weighted by Crippen LogP contribution is -2.21. The number of thioether (sulfide) groups is 1. The Kier molecular flexibility index (Phi) is 5.78. The molecular weight excluding hydrogens is 246 g/mol. The monoisotopic (exact) mass is 265 g/mol. The number of benzene rings is 1. The fourth-order valence-electron chi connectivity index (χ4n) is 1.56. The van der Waals surface area contributed by atoms with Crippen molar-refractivity contribution in [3.8, 4) is 5.75 Å². The van der Waals surface area contributed by atoms with Crippen molar-refractivity contribution in [1.29, 1.82) is 0 Å². The molecule has 1 heterocycles. The lowest BCUT2D eigenvalue weighted by molar-refractivity contribution is 0.0965. The first-order valence-electron chi connectivity index (χ1n) is 6.11. The topological polar surface area (TPSA) is 38.3 Å². The number of fused-ring (bicyclic) bond motifs is 1. The van der Waals surface area contributed by atoms with Gasteiger partial charge in [0.2, 0.25) is 0 Å². The third kappa shape index (κ3) is 3.07. The highest BCUT2D eigenvalue weighted by molar-refractivity contribution is 8.02. The van der Waals surface area contributed by atoms with Crippen LogP contribution in [0.4, 0.5) is 0 Å². The number of carbonyl (C=O) groups excluding carboxylic acids is 1. The second-order valence-electron chi connectivity index (χ2n) is 3.38. The van der Waals surface area contributed by atoms with Crippen molar-refractivity contribution in [3.05, 3.63) is 40.6 Å². The van der Waals surface area contributed by atoms with Crippen molar-refractivity contribution in [2.75, 3.05) is 6.26 Å². The summed E-state index contributed by atoms with van der Waals surface area (Å²) in [6, 6.07) is 7.27. The highest BCUT2D eigenvalue weighted by atomic mass is 32.2. The molecule has 0 unspecified atom stereocenters. The van der Waals surface area contributed by atoms with Gasteiger partial charge >= 0.3 is 0 Å². The van der Waals surface area contributed by atoms with Crippen LogP contribution < -0.4 is 10.1 Å². The van der Waals surface area contributed by atoms with E-state index < -0.39 is 0 Å². The molecule has 1 aliphatic heterocycles. The van der Waals surface area contributed by atoms with Gasteiger partial charge in [0.1, 0.15) is 5.75 Å². The van der Waals surface area contributed by atoms with Crippen LogP contribution in [-0.2, 0) is 0 Å². The van der Waals surface area contributed by atoms with E-state index >= 15 is 0 Å². The Labute approximate surface area is 113 Å². The summed E-state index contributed by atoms with van der Waals surface area (Å²) in [6.07, 6.45) is 2.68. The van der Waals surface area contributed by atoms with Gasteiger partial charge in [-0.2, -0.15) is 0 Å². The molecule has 2 rings (SSSR count). The number of rotatable bonds is 2. The smallest absolute Gasteiger partial charge is 0.259 e. The number of ether oxygens (including phenoxy) is 1. The molecule has 98 valence electrons. The van der Waals surface area contributed by atoms with Gasteiger partial charge in [-0.15, -0.1) is 0 Å². The van der Waals surface area contributed by atoms with Crippen molar-refractivity contribution in [2.24, 2.45) is 0 Å². The van der Waals surface area contributed by atoms with Crippen molar-refractivity contribution >= 4 is 17.7 Å². The van der Waals surface area contributed by atoms with Gasteiger partial charge in [0, 0.05) is 0 Å². The molecule has 3 nitrogen and oxygen atoms in total. The largest absolute Gasteiger partial charge is 0.448 e. The van der Waals surface area contributed by atoms with Crippen molar-refractivity contribution in [2.45, 2.75) is 27.2 Å². The van der Waals surface area contributed by atoms with Gasteiger partial charge in [-0.1, -0.05) is 44.7 Å². The molecule has 4 heteroatoms. The van der Waals surface area contributed by atoms with Crippen molar-refractivity contribution in [3.63, 3.8) is 0 Å². The third-order valence-electron chi connectivity index (χ3n) is 2.38. The van der Waals surface area contributed by atoms with Gasteiger partial charge in [0.25, 0.3) is 5.91 Å². The maximum atomic E-state index is 11.9. The van der Waals surface area contributed by atoms with Crippen LogP contribution in [0.5, 0.6) is 5.75 Å². The first-order valence-corrected chi connectivity index (χ1v) is 7.34. The Bertz CT molecular complexity index is 455. The van der Waals surface area contributed by atoms with Gasteiger partial charge in [0.15, 0.2) is 5.09 Å². The molecular formula is C14H19NO2S. The zero-order chi connectivity index (χ0) is 13.5. The molecule has 1 aliphatic rings. The molecule has 1 amide bonds. The highest BCUT2D eigenvalue weighted by Gasteiger charge is 2.20. The molecule has 1 aromatic carbocycles. The fourth-order valence-corrected chi connectivity index (χ4v) is 2.17. The number of hydrogen-bond acceptors (Lipinski definition) is 3. The Morgan fingerprint density at radius 1 is 1.28 bits per heavy atom. The molecule has 0 spiro atoms. The summed E-state index contributed by atoms with van der Waals surface area (Å²) in [4.78, 5) is 11.9. The Hall–Kier alpha value is -1.42. The SMILES string of the molecule is CC.CCC1=C(SC)Oc2ccccc2C(=O)N1. The molecule has 0 radical (unpaired) electrons. The number of carbonyl (C=O) groups is 1. The maximum absolute atomic E-state index is 11.9.